The smallest absolute Gasteiger partial charge is 0.338 e. The van der Waals surface area contributed by atoms with Crippen molar-refractivity contribution in [1.82, 2.24) is 0 Å². The SMILES string of the molecule is CCOC(=O)c1ccc(C2CCC(N(CC)c3ccc4ccccc4c3)C2)cc1. The van der Waals surface area contributed by atoms with Crippen molar-refractivity contribution in [3.63, 3.8) is 0 Å². The second-order valence-corrected chi connectivity index (χ2v) is 7.82. The van der Waals surface area contributed by atoms with E-state index in [9.17, 15) is 4.79 Å². The van der Waals surface area contributed by atoms with Crippen LogP contribution in [0.3, 0.4) is 0 Å². The number of anilines is 1. The summed E-state index contributed by atoms with van der Waals surface area (Å²) < 4.78 is 5.09. The normalized spacial score (nSPS) is 18.7. The van der Waals surface area contributed by atoms with Crippen LogP contribution in [-0.2, 0) is 4.74 Å². The maximum absolute atomic E-state index is 11.9. The maximum Gasteiger partial charge on any atom is 0.338 e. The molecule has 3 nitrogen and oxygen atoms in total. The second-order valence-electron chi connectivity index (χ2n) is 7.82. The zero-order valence-electron chi connectivity index (χ0n) is 17.3. The summed E-state index contributed by atoms with van der Waals surface area (Å²) in [6.07, 6.45) is 3.54. The highest BCUT2D eigenvalue weighted by Gasteiger charge is 2.30. The number of hydrogen-bond donors (Lipinski definition) is 0. The Morgan fingerprint density at radius 2 is 1.72 bits per heavy atom. The topological polar surface area (TPSA) is 29.5 Å². The molecular weight excluding hydrogens is 358 g/mol. The number of ether oxygens (including phenoxy) is 1. The van der Waals surface area contributed by atoms with Gasteiger partial charge in [-0.15, -0.1) is 0 Å². The number of rotatable bonds is 6. The first-order valence-electron chi connectivity index (χ1n) is 10.7. The Morgan fingerprint density at radius 3 is 2.45 bits per heavy atom. The number of hydrogen-bond acceptors (Lipinski definition) is 3. The molecule has 0 N–H and O–H groups in total. The fourth-order valence-electron chi connectivity index (χ4n) is 4.66. The molecule has 150 valence electrons. The Morgan fingerprint density at radius 1 is 0.966 bits per heavy atom. The lowest BCUT2D eigenvalue weighted by molar-refractivity contribution is 0.0526. The average Bonchev–Trinajstić information content (AvgIpc) is 3.24. The molecule has 0 radical (unpaired) electrons. The molecule has 1 fully saturated rings. The van der Waals surface area contributed by atoms with Gasteiger partial charge in [0.2, 0.25) is 0 Å². The van der Waals surface area contributed by atoms with Crippen molar-refractivity contribution in [2.45, 2.75) is 45.1 Å². The minimum absolute atomic E-state index is 0.239. The van der Waals surface area contributed by atoms with Crippen LogP contribution in [0.4, 0.5) is 5.69 Å². The Labute approximate surface area is 173 Å². The van der Waals surface area contributed by atoms with E-state index in [0.717, 1.165) is 13.0 Å². The van der Waals surface area contributed by atoms with Crippen LogP contribution in [0.5, 0.6) is 0 Å². The Kier molecular flexibility index (Phi) is 5.84. The Balaban J connectivity index is 1.48. The van der Waals surface area contributed by atoms with Crippen molar-refractivity contribution in [2.24, 2.45) is 0 Å². The summed E-state index contributed by atoms with van der Waals surface area (Å²) in [6.45, 7) is 5.50. The molecule has 0 bridgehead atoms. The Hall–Kier alpha value is -2.81. The standard InChI is InChI=1S/C26H29NO2/c1-3-27(24-15-13-19-7-5-6-8-22(19)17-24)25-16-14-23(18-25)20-9-11-21(12-10-20)26(28)29-4-2/h5-13,15,17,23,25H,3-4,14,16,18H2,1-2H3. The van der Waals surface area contributed by atoms with Gasteiger partial charge in [0.15, 0.2) is 0 Å². The van der Waals surface area contributed by atoms with Crippen molar-refractivity contribution in [2.75, 3.05) is 18.1 Å². The largest absolute Gasteiger partial charge is 0.462 e. The third-order valence-corrected chi connectivity index (χ3v) is 6.14. The summed E-state index contributed by atoms with van der Waals surface area (Å²) in [5.74, 6) is 0.308. The molecule has 2 unspecified atom stereocenters. The summed E-state index contributed by atoms with van der Waals surface area (Å²) in [6, 6.07) is 23.9. The first-order valence-corrected chi connectivity index (χ1v) is 10.7. The van der Waals surface area contributed by atoms with Gasteiger partial charge in [0.05, 0.1) is 12.2 Å². The molecule has 1 aliphatic rings. The predicted octanol–water partition coefficient (Wildman–Crippen LogP) is 6.18. The molecule has 0 saturated heterocycles. The molecule has 0 heterocycles. The zero-order chi connectivity index (χ0) is 20.2. The number of carbonyl (C=O) groups excluding carboxylic acids is 1. The number of benzene rings is 3. The molecular formula is C26H29NO2. The van der Waals surface area contributed by atoms with Crippen molar-refractivity contribution in [1.29, 1.82) is 0 Å². The van der Waals surface area contributed by atoms with Gasteiger partial charge in [-0.05, 0) is 79.6 Å². The van der Waals surface area contributed by atoms with Crippen LogP contribution >= 0.6 is 0 Å². The number of nitrogens with zero attached hydrogens (tertiary/aromatic N) is 1. The van der Waals surface area contributed by atoms with E-state index in [2.05, 4.69) is 66.4 Å². The summed E-state index contributed by atoms with van der Waals surface area (Å²) in [5, 5.41) is 2.59. The van der Waals surface area contributed by atoms with Crippen molar-refractivity contribution in [3.8, 4) is 0 Å². The highest BCUT2D eigenvalue weighted by atomic mass is 16.5. The molecule has 3 aromatic rings. The number of carbonyl (C=O) groups is 1. The molecule has 0 spiro atoms. The van der Waals surface area contributed by atoms with Crippen LogP contribution in [0.25, 0.3) is 10.8 Å². The molecule has 0 aliphatic heterocycles. The fourth-order valence-corrected chi connectivity index (χ4v) is 4.66. The molecule has 0 amide bonds. The van der Waals surface area contributed by atoms with E-state index in [1.807, 2.05) is 19.1 Å². The number of fused-ring (bicyclic) bond motifs is 1. The van der Waals surface area contributed by atoms with Crippen molar-refractivity contribution >= 4 is 22.4 Å². The lowest BCUT2D eigenvalue weighted by atomic mass is 9.96. The van der Waals surface area contributed by atoms with Crippen LogP contribution in [0.15, 0.2) is 66.7 Å². The van der Waals surface area contributed by atoms with Gasteiger partial charge in [0.25, 0.3) is 0 Å². The van der Waals surface area contributed by atoms with Gasteiger partial charge < -0.3 is 9.64 Å². The molecule has 0 aromatic heterocycles. The van der Waals surface area contributed by atoms with Crippen LogP contribution in [0.2, 0.25) is 0 Å². The van der Waals surface area contributed by atoms with Gasteiger partial charge in [0.1, 0.15) is 0 Å². The summed E-state index contributed by atoms with van der Waals surface area (Å²) in [5.41, 5.74) is 3.28. The minimum Gasteiger partial charge on any atom is -0.462 e. The monoisotopic (exact) mass is 387 g/mol. The van der Waals surface area contributed by atoms with Crippen LogP contribution in [0, 0.1) is 0 Å². The van der Waals surface area contributed by atoms with E-state index in [1.54, 1.807) is 0 Å². The molecule has 3 aromatic carbocycles. The first kappa shape index (κ1) is 19.5. The zero-order valence-corrected chi connectivity index (χ0v) is 17.3. The third-order valence-electron chi connectivity index (χ3n) is 6.14. The van der Waals surface area contributed by atoms with Crippen molar-refractivity contribution in [3.05, 3.63) is 77.9 Å². The molecule has 2 atom stereocenters. The average molecular weight is 388 g/mol. The predicted molar refractivity (Wildman–Crippen MR) is 120 cm³/mol. The van der Waals surface area contributed by atoms with E-state index in [4.69, 9.17) is 4.74 Å². The Bertz CT molecular complexity index is 979. The molecule has 29 heavy (non-hydrogen) atoms. The van der Waals surface area contributed by atoms with Crippen LogP contribution in [0.1, 0.15) is 54.9 Å². The van der Waals surface area contributed by atoms with Crippen LogP contribution < -0.4 is 4.90 Å². The maximum atomic E-state index is 11.9. The van der Waals surface area contributed by atoms with Gasteiger partial charge >= 0.3 is 5.97 Å². The molecule has 3 heteroatoms. The van der Waals surface area contributed by atoms with E-state index in [1.165, 1.54) is 34.9 Å². The van der Waals surface area contributed by atoms with E-state index < -0.39 is 0 Å². The lowest BCUT2D eigenvalue weighted by Gasteiger charge is -2.30. The van der Waals surface area contributed by atoms with Crippen LogP contribution in [-0.4, -0.2) is 25.2 Å². The third kappa shape index (κ3) is 4.14. The molecule has 1 saturated carbocycles. The molecule has 1 aliphatic carbocycles. The summed E-state index contributed by atoms with van der Waals surface area (Å²) >= 11 is 0. The minimum atomic E-state index is -0.239. The van der Waals surface area contributed by atoms with E-state index >= 15 is 0 Å². The number of esters is 1. The quantitative estimate of drug-likeness (QED) is 0.473. The van der Waals surface area contributed by atoms with Gasteiger partial charge in [-0.2, -0.15) is 0 Å². The van der Waals surface area contributed by atoms with Gasteiger partial charge in [-0.25, -0.2) is 4.79 Å². The van der Waals surface area contributed by atoms with Gasteiger partial charge in [0, 0.05) is 18.3 Å². The molecule has 4 rings (SSSR count). The highest BCUT2D eigenvalue weighted by molar-refractivity contribution is 5.89. The van der Waals surface area contributed by atoms with Gasteiger partial charge in [-0.1, -0.05) is 42.5 Å². The highest BCUT2D eigenvalue weighted by Crippen LogP contribution is 2.39. The lowest BCUT2D eigenvalue weighted by Crippen LogP contribution is -2.33. The fraction of sp³-hybridized carbons (Fsp3) is 0.346. The first-order chi connectivity index (χ1) is 14.2. The second kappa shape index (κ2) is 8.69. The van der Waals surface area contributed by atoms with E-state index in [0.29, 0.717) is 24.1 Å². The summed E-state index contributed by atoms with van der Waals surface area (Å²) in [4.78, 5) is 14.4. The van der Waals surface area contributed by atoms with E-state index in [-0.39, 0.29) is 5.97 Å². The van der Waals surface area contributed by atoms with Gasteiger partial charge in [-0.3, -0.25) is 0 Å². The van der Waals surface area contributed by atoms with Crippen molar-refractivity contribution < 1.29 is 9.53 Å². The summed E-state index contributed by atoms with van der Waals surface area (Å²) in [7, 11) is 0.